The van der Waals surface area contributed by atoms with Gasteiger partial charge in [0, 0.05) is 0 Å². The summed E-state index contributed by atoms with van der Waals surface area (Å²) in [5.74, 6) is -0.852. The normalized spacial score (nSPS) is 15.8. The third-order valence-electron chi connectivity index (χ3n) is 1.58. The molecule has 0 saturated carbocycles. The number of carbonyl (C=O) groups is 1. The maximum Gasteiger partial charge on any atom is 0.323 e. The number of carboxylic acids is 1. The Morgan fingerprint density at radius 3 is 2.50 bits per heavy atom. The summed E-state index contributed by atoms with van der Waals surface area (Å²) in [6.45, 7) is 5.09. The first kappa shape index (κ1) is 9.17. The summed E-state index contributed by atoms with van der Waals surface area (Å²) >= 11 is 0. The Morgan fingerprint density at radius 1 is 1.90 bits per heavy atom. The fourth-order valence-electron chi connectivity index (χ4n) is 0.585. The Balaban J connectivity index is 4.21. The molecular formula is C7H13NO2. The highest BCUT2D eigenvalue weighted by atomic mass is 16.4. The summed E-state index contributed by atoms with van der Waals surface area (Å²) < 4.78 is 0. The van der Waals surface area contributed by atoms with Crippen LogP contribution in [0.3, 0.4) is 0 Å². The van der Waals surface area contributed by atoms with Crippen LogP contribution in [0.4, 0.5) is 0 Å². The van der Waals surface area contributed by atoms with Crippen LogP contribution in [0.1, 0.15) is 13.3 Å². The van der Waals surface area contributed by atoms with Gasteiger partial charge in [-0.15, -0.1) is 6.58 Å². The zero-order valence-corrected chi connectivity index (χ0v) is 6.35. The molecule has 0 aromatic carbocycles. The predicted octanol–water partition coefficient (Wildman–Crippen LogP) is 0.625. The molecule has 0 heterocycles. The minimum absolute atomic E-state index is 0.429. The lowest BCUT2D eigenvalue weighted by Gasteiger charge is -2.21. The molecular weight excluding hydrogens is 130 g/mol. The second-order valence-corrected chi connectivity index (χ2v) is 2.38. The maximum absolute atomic E-state index is 10.5. The van der Waals surface area contributed by atoms with Crippen LogP contribution >= 0.6 is 0 Å². The summed E-state index contributed by atoms with van der Waals surface area (Å²) in [7, 11) is 1.62. The van der Waals surface area contributed by atoms with Gasteiger partial charge in [0.25, 0.3) is 0 Å². The van der Waals surface area contributed by atoms with Gasteiger partial charge in [-0.05, 0) is 20.4 Å². The van der Waals surface area contributed by atoms with Gasteiger partial charge in [0.05, 0.1) is 0 Å². The molecule has 0 aliphatic heterocycles. The zero-order chi connectivity index (χ0) is 8.20. The van der Waals surface area contributed by atoms with E-state index in [0.29, 0.717) is 6.42 Å². The molecule has 0 aromatic rings. The number of likely N-dealkylation sites (N-methyl/N-ethyl adjacent to an activating group) is 1. The molecule has 0 unspecified atom stereocenters. The van der Waals surface area contributed by atoms with Gasteiger partial charge in [0.2, 0.25) is 0 Å². The Labute approximate surface area is 60.7 Å². The molecule has 0 spiro atoms. The van der Waals surface area contributed by atoms with E-state index in [4.69, 9.17) is 5.11 Å². The molecule has 0 radical (unpaired) electrons. The van der Waals surface area contributed by atoms with Crippen LogP contribution in [0, 0.1) is 0 Å². The number of carboxylic acid groups (broad SMARTS) is 1. The highest BCUT2D eigenvalue weighted by Gasteiger charge is 2.28. The summed E-state index contributed by atoms with van der Waals surface area (Å²) in [4.78, 5) is 10.5. The van der Waals surface area contributed by atoms with E-state index < -0.39 is 11.5 Å². The van der Waals surface area contributed by atoms with E-state index in [1.54, 1.807) is 20.0 Å². The highest BCUT2D eigenvalue weighted by Crippen LogP contribution is 2.08. The quantitative estimate of drug-likeness (QED) is 0.567. The lowest BCUT2D eigenvalue weighted by Crippen LogP contribution is -2.46. The summed E-state index contributed by atoms with van der Waals surface area (Å²) in [5, 5.41) is 11.4. The van der Waals surface area contributed by atoms with Crippen molar-refractivity contribution >= 4 is 5.97 Å². The Hall–Kier alpha value is -0.830. The minimum Gasteiger partial charge on any atom is -0.480 e. The number of rotatable bonds is 4. The first-order chi connectivity index (χ1) is 4.56. The van der Waals surface area contributed by atoms with E-state index in [2.05, 4.69) is 11.9 Å². The Bertz CT molecular complexity index is 145. The zero-order valence-electron chi connectivity index (χ0n) is 6.35. The highest BCUT2D eigenvalue weighted by molar-refractivity contribution is 5.78. The molecule has 3 heteroatoms. The molecule has 10 heavy (non-hydrogen) atoms. The topological polar surface area (TPSA) is 49.3 Å². The van der Waals surface area contributed by atoms with E-state index in [-0.39, 0.29) is 0 Å². The molecule has 0 saturated heterocycles. The van der Waals surface area contributed by atoms with Crippen LogP contribution in [0.2, 0.25) is 0 Å². The average Bonchev–Trinajstić information content (AvgIpc) is 1.88. The van der Waals surface area contributed by atoms with Gasteiger partial charge in [-0.25, -0.2) is 0 Å². The predicted molar refractivity (Wildman–Crippen MR) is 39.9 cm³/mol. The molecule has 0 aliphatic rings. The van der Waals surface area contributed by atoms with Gasteiger partial charge in [-0.2, -0.15) is 0 Å². The lowest BCUT2D eigenvalue weighted by molar-refractivity contribution is -0.143. The van der Waals surface area contributed by atoms with Gasteiger partial charge < -0.3 is 10.4 Å². The fourth-order valence-corrected chi connectivity index (χ4v) is 0.585. The number of nitrogens with one attached hydrogen (secondary N) is 1. The monoisotopic (exact) mass is 143 g/mol. The molecule has 0 amide bonds. The fraction of sp³-hybridized carbons (Fsp3) is 0.571. The van der Waals surface area contributed by atoms with Crippen molar-refractivity contribution < 1.29 is 9.90 Å². The van der Waals surface area contributed by atoms with Crippen molar-refractivity contribution in [1.82, 2.24) is 5.32 Å². The molecule has 58 valence electrons. The molecule has 0 fully saturated rings. The van der Waals surface area contributed by atoms with Crippen molar-refractivity contribution in [1.29, 1.82) is 0 Å². The minimum atomic E-state index is -0.859. The Morgan fingerprint density at radius 2 is 2.40 bits per heavy atom. The van der Waals surface area contributed by atoms with Crippen molar-refractivity contribution in [3.05, 3.63) is 12.7 Å². The van der Waals surface area contributed by atoms with Gasteiger partial charge >= 0.3 is 5.97 Å². The van der Waals surface area contributed by atoms with Gasteiger partial charge in [-0.3, -0.25) is 4.79 Å². The molecule has 0 aliphatic carbocycles. The second-order valence-electron chi connectivity index (χ2n) is 2.38. The smallest absolute Gasteiger partial charge is 0.323 e. The molecule has 1 atom stereocenters. The van der Waals surface area contributed by atoms with E-state index in [0.717, 1.165) is 0 Å². The van der Waals surface area contributed by atoms with Crippen molar-refractivity contribution in [3.63, 3.8) is 0 Å². The van der Waals surface area contributed by atoms with Crippen molar-refractivity contribution in [3.8, 4) is 0 Å². The van der Waals surface area contributed by atoms with Gasteiger partial charge in [0.15, 0.2) is 0 Å². The molecule has 0 rings (SSSR count). The summed E-state index contributed by atoms with van der Waals surface area (Å²) in [6.07, 6.45) is 2.02. The second kappa shape index (κ2) is 3.37. The van der Waals surface area contributed by atoms with Crippen molar-refractivity contribution in [2.24, 2.45) is 0 Å². The summed E-state index contributed by atoms with van der Waals surface area (Å²) in [5.41, 5.74) is -0.859. The molecule has 2 N–H and O–H groups in total. The van der Waals surface area contributed by atoms with E-state index in [9.17, 15) is 4.79 Å². The molecule has 0 bridgehead atoms. The lowest BCUT2D eigenvalue weighted by atomic mass is 9.99. The number of aliphatic carboxylic acids is 1. The first-order valence-corrected chi connectivity index (χ1v) is 3.10. The van der Waals surface area contributed by atoms with E-state index in [1.165, 1.54) is 0 Å². The largest absolute Gasteiger partial charge is 0.480 e. The van der Waals surface area contributed by atoms with Crippen molar-refractivity contribution in [2.45, 2.75) is 18.9 Å². The van der Waals surface area contributed by atoms with E-state index >= 15 is 0 Å². The van der Waals surface area contributed by atoms with Crippen molar-refractivity contribution in [2.75, 3.05) is 7.05 Å². The van der Waals surface area contributed by atoms with E-state index in [1.807, 2.05) is 0 Å². The van der Waals surface area contributed by atoms with Gasteiger partial charge in [-0.1, -0.05) is 6.08 Å². The number of hydrogen-bond donors (Lipinski definition) is 2. The molecule has 3 nitrogen and oxygen atoms in total. The third kappa shape index (κ3) is 1.84. The van der Waals surface area contributed by atoms with Crippen LogP contribution in [0.15, 0.2) is 12.7 Å². The SMILES string of the molecule is C=CC[C@@](C)(NC)C(=O)O. The Kier molecular flexibility index (Phi) is 3.09. The van der Waals surface area contributed by atoms with Crippen LogP contribution in [0.5, 0.6) is 0 Å². The standard InChI is InChI=1S/C7H13NO2/c1-4-5-7(2,8-3)6(9)10/h4,8H,1,5H2,2-3H3,(H,9,10)/t7-/m1/s1. The van der Waals surface area contributed by atoms with Crippen LogP contribution in [0.25, 0.3) is 0 Å². The molecule has 0 aromatic heterocycles. The average molecular weight is 143 g/mol. The number of hydrogen-bond acceptors (Lipinski definition) is 2. The maximum atomic E-state index is 10.5. The first-order valence-electron chi connectivity index (χ1n) is 3.10. The van der Waals surface area contributed by atoms with Gasteiger partial charge in [0.1, 0.15) is 5.54 Å². The van der Waals surface area contributed by atoms with Crippen LogP contribution < -0.4 is 5.32 Å². The van der Waals surface area contributed by atoms with Crippen LogP contribution in [-0.2, 0) is 4.79 Å². The third-order valence-corrected chi connectivity index (χ3v) is 1.58. The van der Waals surface area contributed by atoms with Crippen LogP contribution in [-0.4, -0.2) is 23.7 Å². The summed E-state index contributed by atoms with van der Waals surface area (Å²) in [6, 6.07) is 0.